The molecule has 0 aliphatic carbocycles. The van der Waals surface area contributed by atoms with Crippen LogP contribution in [0.2, 0.25) is 10.0 Å². The van der Waals surface area contributed by atoms with E-state index in [1.807, 2.05) is 58.0 Å². The maximum absolute atomic E-state index is 14.5. The summed E-state index contributed by atoms with van der Waals surface area (Å²) in [5, 5.41) is 3.97. The van der Waals surface area contributed by atoms with Crippen molar-refractivity contribution in [2.45, 2.75) is 57.1 Å². The molecular formula is C35H37Cl2N3O4S. The quantitative estimate of drug-likeness (QED) is 0.186. The fourth-order valence-electron chi connectivity index (χ4n) is 4.77. The third kappa shape index (κ3) is 9.33. The molecule has 4 aromatic carbocycles. The van der Waals surface area contributed by atoms with Gasteiger partial charge in [0.1, 0.15) is 12.6 Å². The second-order valence-corrected chi connectivity index (χ2v) is 14.6. The summed E-state index contributed by atoms with van der Waals surface area (Å²) in [5.41, 5.74) is 2.16. The molecule has 0 aliphatic heterocycles. The number of carbonyl (C=O) groups is 2. The molecule has 0 aromatic heterocycles. The molecule has 10 heteroatoms. The zero-order valence-electron chi connectivity index (χ0n) is 25.7. The van der Waals surface area contributed by atoms with Crippen molar-refractivity contribution in [3.63, 3.8) is 0 Å². The van der Waals surface area contributed by atoms with Gasteiger partial charge >= 0.3 is 0 Å². The minimum Gasteiger partial charge on any atom is -0.350 e. The molecule has 0 saturated carbocycles. The molecule has 0 fully saturated rings. The number of hydrogen-bond donors (Lipinski definition) is 1. The lowest BCUT2D eigenvalue weighted by Gasteiger charge is -2.35. The number of hydrogen-bond acceptors (Lipinski definition) is 4. The normalized spacial score (nSPS) is 12.3. The maximum Gasteiger partial charge on any atom is 0.264 e. The standard InChI is InChI=1S/C35H37Cl2N3O4S/c1-25-10-20-31(21-11-25)45(43,44)40(30-18-16-29(37)17-19-30)24-33(41)39(23-27-12-14-28(36)15-13-27)32(34(42)38-35(2,3)4)22-26-8-6-5-7-9-26/h5-21,32H,22-24H2,1-4H3,(H,38,42)/t32-/m1/s1. The van der Waals surface area contributed by atoms with Crippen LogP contribution in [-0.2, 0) is 32.6 Å². The highest BCUT2D eigenvalue weighted by Crippen LogP contribution is 2.27. The first-order chi connectivity index (χ1) is 21.2. The van der Waals surface area contributed by atoms with Crippen molar-refractivity contribution in [3.8, 4) is 0 Å². The third-order valence-corrected chi connectivity index (χ3v) is 9.33. The molecule has 0 unspecified atom stereocenters. The Morgan fingerprint density at radius 3 is 1.89 bits per heavy atom. The summed E-state index contributed by atoms with van der Waals surface area (Å²) in [7, 11) is -4.20. The van der Waals surface area contributed by atoms with E-state index in [-0.39, 0.29) is 29.5 Å². The van der Waals surface area contributed by atoms with Gasteiger partial charge in [0, 0.05) is 28.5 Å². The summed E-state index contributed by atoms with van der Waals surface area (Å²) in [6.07, 6.45) is 0.216. The molecule has 4 aromatic rings. The van der Waals surface area contributed by atoms with Crippen molar-refractivity contribution in [1.29, 1.82) is 0 Å². The van der Waals surface area contributed by atoms with Crippen LogP contribution in [0.1, 0.15) is 37.5 Å². The maximum atomic E-state index is 14.5. The van der Waals surface area contributed by atoms with E-state index in [1.165, 1.54) is 17.0 Å². The number of rotatable bonds is 11. The molecule has 0 saturated heterocycles. The molecule has 0 bridgehead atoms. The van der Waals surface area contributed by atoms with Crippen molar-refractivity contribution < 1.29 is 18.0 Å². The number of amides is 2. The summed E-state index contributed by atoms with van der Waals surface area (Å²) < 4.78 is 29.2. The SMILES string of the molecule is Cc1ccc(S(=O)(=O)N(CC(=O)N(Cc2ccc(Cl)cc2)[C@H](Cc2ccccc2)C(=O)NC(C)(C)C)c2ccc(Cl)cc2)cc1. The largest absolute Gasteiger partial charge is 0.350 e. The van der Waals surface area contributed by atoms with Gasteiger partial charge in [-0.3, -0.25) is 13.9 Å². The number of aryl methyl sites for hydroxylation is 1. The average Bonchev–Trinajstić information content (AvgIpc) is 2.99. The average molecular weight is 667 g/mol. The topological polar surface area (TPSA) is 86.8 Å². The second kappa shape index (κ2) is 14.5. The molecule has 236 valence electrons. The van der Waals surface area contributed by atoms with Gasteiger partial charge < -0.3 is 10.2 Å². The van der Waals surface area contributed by atoms with Crippen molar-refractivity contribution >= 4 is 50.7 Å². The van der Waals surface area contributed by atoms with Gasteiger partial charge in [-0.2, -0.15) is 0 Å². The Bertz CT molecular complexity index is 1710. The van der Waals surface area contributed by atoms with E-state index in [0.717, 1.165) is 21.0 Å². The van der Waals surface area contributed by atoms with Crippen LogP contribution >= 0.6 is 23.2 Å². The van der Waals surface area contributed by atoms with E-state index in [4.69, 9.17) is 23.2 Å². The number of anilines is 1. The first-order valence-electron chi connectivity index (χ1n) is 14.5. The smallest absolute Gasteiger partial charge is 0.264 e. The highest BCUT2D eigenvalue weighted by atomic mass is 35.5. The van der Waals surface area contributed by atoms with Crippen LogP contribution < -0.4 is 9.62 Å². The molecule has 0 heterocycles. The summed E-state index contributed by atoms with van der Waals surface area (Å²) in [5.74, 6) is -0.909. The number of benzene rings is 4. The molecule has 0 aliphatic rings. The number of sulfonamides is 1. The van der Waals surface area contributed by atoms with Gasteiger partial charge in [-0.25, -0.2) is 8.42 Å². The van der Waals surface area contributed by atoms with Gasteiger partial charge in [0.05, 0.1) is 10.6 Å². The highest BCUT2D eigenvalue weighted by molar-refractivity contribution is 7.92. The van der Waals surface area contributed by atoms with Gasteiger partial charge in [-0.15, -0.1) is 0 Å². The minimum atomic E-state index is -4.20. The Morgan fingerprint density at radius 2 is 1.33 bits per heavy atom. The molecule has 1 N–H and O–H groups in total. The van der Waals surface area contributed by atoms with Crippen molar-refractivity contribution in [3.05, 3.63) is 130 Å². The fourth-order valence-corrected chi connectivity index (χ4v) is 6.43. The number of nitrogens with zero attached hydrogens (tertiary/aromatic N) is 2. The molecule has 7 nitrogen and oxygen atoms in total. The molecule has 1 atom stereocenters. The van der Waals surface area contributed by atoms with E-state index in [2.05, 4.69) is 5.32 Å². The lowest BCUT2D eigenvalue weighted by molar-refractivity contribution is -0.140. The van der Waals surface area contributed by atoms with Gasteiger partial charge in [-0.05, 0) is 87.4 Å². The van der Waals surface area contributed by atoms with E-state index in [0.29, 0.717) is 10.0 Å². The van der Waals surface area contributed by atoms with E-state index in [1.54, 1.807) is 60.7 Å². The van der Waals surface area contributed by atoms with Crippen molar-refractivity contribution in [1.82, 2.24) is 10.2 Å². The van der Waals surface area contributed by atoms with Crippen LogP contribution in [-0.4, -0.2) is 43.3 Å². The first kappa shape index (κ1) is 34.0. The Morgan fingerprint density at radius 1 is 0.778 bits per heavy atom. The van der Waals surface area contributed by atoms with Gasteiger partial charge in [0.25, 0.3) is 10.0 Å². The molecule has 45 heavy (non-hydrogen) atoms. The third-order valence-electron chi connectivity index (χ3n) is 7.04. The van der Waals surface area contributed by atoms with Crippen molar-refractivity contribution in [2.24, 2.45) is 0 Å². The Hall–Kier alpha value is -3.85. The summed E-state index contributed by atoms with van der Waals surface area (Å²) in [4.78, 5) is 29.9. The zero-order valence-corrected chi connectivity index (χ0v) is 28.0. The van der Waals surface area contributed by atoms with Crippen LogP contribution in [0.15, 0.2) is 108 Å². The fraction of sp³-hybridized carbons (Fsp3) is 0.257. The van der Waals surface area contributed by atoms with Gasteiger partial charge in [-0.1, -0.05) is 83.4 Å². The van der Waals surface area contributed by atoms with Crippen molar-refractivity contribution in [2.75, 3.05) is 10.8 Å². The lowest BCUT2D eigenvalue weighted by Crippen LogP contribution is -2.56. The summed E-state index contributed by atoms with van der Waals surface area (Å²) >= 11 is 12.3. The van der Waals surface area contributed by atoms with Crippen LogP contribution in [0.5, 0.6) is 0 Å². The molecule has 4 rings (SSSR count). The van der Waals surface area contributed by atoms with Crippen LogP contribution in [0.3, 0.4) is 0 Å². The number of nitrogens with one attached hydrogen (secondary N) is 1. The highest BCUT2D eigenvalue weighted by Gasteiger charge is 2.35. The molecule has 0 spiro atoms. The van der Waals surface area contributed by atoms with E-state index >= 15 is 0 Å². The minimum absolute atomic E-state index is 0.0337. The number of carbonyl (C=O) groups excluding carboxylic acids is 2. The van der Waals surface area contributed by atoms with Gasteiger partial charge in [0.15, 0.2) is 0 Å². The van der Waals surface area contributed by atoms with Crippen LogP contribution in [0.25, 0.3) is 0 Å². The molecular weight excluding hydrogens is 629 g/mol. The Balaban J connectivity index is 1.81. The number of halogens is 2. The van der Waals surface area contributed by atoms with Gasteiger partial charge in [0.2, 0.25) is 11.8 Å². The Kier molecular flexibility index (Phi) is 11.0. The summed E-state index contributed by atoms with van der Waals surface area (Å²) in [6.45, 7) is 6.95. The van der Waals surface area contributed by atoms with Crippen LogP contribution in [0.4, 0.5) is 5.69 Å². The molecule has 2 amide bonds. The second-order valence-electron chi connectivity index (χ2n) is 11.9. The van der Waals surface area contributed by atoms with E-state index < -0.39 is 34.1 Å². The van der Waals surface area contributed by atoms with E-state index in [9.17, 15) is 18.0 Å². The predicted molar refractivity (Wildman–Crippen MR) is 181 cm³/mol. The lowest BCUT2D eigenvalue weighted by atomic mass is 10.0. The zero-order chi connectivity index (χ0) is 32.8. The summed E-state index contributed by atoms with van der Waals surface area (Å²) in [6, 6.07) is 28.1. The molecule has 0 radical (unpaired) electrons. The predicted octanol–water partition coefficient (Wildman–Crippen LogP) is 7.05. The first-order valence-corrected chi connectivity index (χ1v) is 16.7. The Labute approximate surface area is 275 Å². The van der Waals surface area contributed by atoms with Crippen LogP contribution in [0, 0.1) is 6.92 Å². The monoisotopic (exact) mass is 665 g/mol.